The highest BCUT2D eigenvalue weighted by molar-refractivity contribution is 5.99. The Balaban J connectivity index is 1.76. The van der Waals surface area contributed by atoms with Crippen LogP contribution in [0.15, 0.2) is 42.7 Å². The van der Waals surface area contributed by atoms with E-state index in [-0.39, 0.29) is 6.54 Å². The molecule has 1 amide bonds. The number of fused-ring (bicyclic) bond motifs is 3. The van der Waals surface area contributed by atoms with Gasteiger partial charge in [-0.2, -0.15) is 5.26 Å². The number of carbonyl (C=O) groups excluding carboxylic acids is 1. The lowest BCUT2D eigenvalue weighted by Crippen LogP contribution is -2.35. The molecule has 24 heavy (non-hydrogen) atoms. The Labute approximate surface area is 138 Å². The van der Waals surface area contributed by atoms with Gasteiger partial charge in [-0.1, -0.05) is 12.1 Å². The van der Waals surface area contributed by atoms with Gasteiger partial charge in [0.25, 0.3) is 5.91 Å². The number of hydrogen-bond acceptors (Lipinski definition) is 4. The van der Waals surface area contributed by atoms with Gasteiger partial charge in [0.1, 0.15) is 5.69 Å². The fourth-order valence-electron chi connectivity index (χ4n) is 3.17. The number of aromatic nitrogens is 2. The fourth-order valence-corrected chi connectivity index (χ4v) is 3.17. The second-order valence-corrected chi connectivity index (χ2v) is 5.82. The molecule has 1 aliphatic rings. The van der Waals surface area contributed by atoms with Crippen LogP contribution in [-0.4, -0.2) is 32.3 Å². The first kappa shape index (κ1) is 14.4. The van der Waals surface area contributed by atoms with Crippen LogP contribution in [0.3, 0.4) is 0 Å². The van der Waals surface area contributed by atoms with Crippen molar-refractivity contribution in [2.24, 2.45) is 0 Å². The van der Waals surface area contributed by atoms with Crippen molar-refractivity contribution >= 4 is 16.8 Å². The van der Waals surface area contributed by atoms with E-state index in [0.29, 0.717) is 29.3 Å². The number of amides is 1. The maximum atomic E-state index is 12.0. The lowest BCUT2D eigenvalue weighted by Gasteiger charge is -2.22. The molecule has 0 atom stereocenters. The van der Waals surface area contributed by atoms with E-state index in [0.717, 1.165) is 22.0 Å². The van der Waals surface area contributed by atoms with Gasteiger partial charge in [-0.3, -0.25) is 10.0 Å². The minimum atomic E-state index is -0.451. The second-order valence-electron chi connectivity index (χ2n) is 5.82. The summed E-state index contributed by atoms with van der Waals surface area (Å²) < 4.78 is 2.05. The van der Waals surface area contributed by atoms with Crippen LogP contribution in [0.2, 0.25) is 0 Å². The Hall–Kier alpha value is -3.17. The van der Waals surface area contributed by atoms with E-state index >= 15 is 0 Å². The first-order valence-electron chi connectivity index (χ1n) is 7.64. The Morgan fingerprint density at radius 3 is 3.04 bits per heavy atom. The second kappa shape index (κ2) is 5.48. The highest BCUT2D eigenvalue weighted by atomic mass is 16.5. The molecule has 1 aliphatic heterocycles. The molecule has 0 aliphatic carbocycles. The molecule has 3 aromatic rings. The normalized spacial score (nSPS) is 13.8. The molecule has 0 unspecified atom stereocenters. The quantitative estimate of drug-likeness (QED) is 0.735. The molecule has 0 bridgehead atoms. The molecule has 6 nitrogen and oxygen atoms in total. The van der Waals surface area contributed by atoms with Crippen LogP contribution in [0.4, 0.5) is 0 Å². The van der Waals surface area contributed by atoms with E-state index in [1.807, 2.05) is 30.5 Å². The highest BCUT2D eigenvalue weighted by Crippen LogP contribution is 2.26. The standard InChI is InChI=1S/C18H14N4O2/c19-9-12-2-1-3-13(8-12)11-21-6-4-14-15-5-7-22(24)18(23)17(15)20-10-16(14)21/h1-4,6,8,10,24H,5,7,11H2. The molecular weight excluding hydrogens is 304 g/mol. The van der Waals surface area contributed by atoms with Gasteiger partial charge in [0, 0.05) is 18.1 Å². The van der Waals surface area contributed by atoms with Crippen molar-refractivity contribution in [3.63, 3.8) is 0 Å². The Kier molecular flexibility index (Phi) is 3.29. The molecule has 6 heteroatoms. The van der Waals surface area contributed by atoms with Crippen LogP contribution in [-0.2, 0) is 13.0 Å². The first-order chi connectivity index (χ1) is 11.7. The van der Waals surface area contributed by atoms with E-state index < -0.39 is 5.91 Å². The molecular formula is C18H14N4O2. The summed E-state index contributed by atoms with van der Waals surface area (Å²) in [5.74, 6) is -0.451. The van der Waals surface area contributed by atoms with E-state index in [4.69, 9.17) is 5.26 Å². The molecule has 1 N–H and O–H groups in total. The van der Waals surface area contributed by atoms with Crippen LogP contribution >= 0.6 is 0 Å². The van der Waals surface area contributed by atoms with Crippen molar-refractivity contribution in [3.8, 4) is 6.07 Å². The molecule has 3 heterocycles. The van der Waals surface area contributed by atoms with Crippen LogP contribution in [0.1, 0.15) is 27.2 Å². The maximum Gasteiger partial charge on any atom is 0.296 e. The number of hydrogen-bond donors (Lipinski definition) is 1. The van der Waals surface area contributed by atoms with Crippen molar-refractivity contribution in [2.45, 2.75) is 13.0 Å². The molecule has 1 aromatic carbocycles. The Morgan fingerprint density at radius 2 is 2.21 bits per heavy atom. The summed E-state index contributed by atoms with van der Waals surface area (Å²) in [6, 6.07) is 11.6. The summed E-state index contributed by atoms with van der Waals surface area (Å²) >= 11 is 0. The first-order valence-corrected chi connectivity index (χ1v) is 7.64. The molecule has 0 fully saturated rings. The third-order valence-corrected chi connectivity index (χ3v) is 4.35. The zero-order valence-electron chi connectivity index (χ0n) is 12.8. The number of nitrogens with zero attached hydrogens (tertiary/aromatic N) is 4. The van der Waals surface area contributed by atoms with Crippen molar-refractivity contribution in [1.29, 1.82) is 5.26 Å². The number of pyridine rings is 1. The summed E-state index contributed by atoms with van der Waals surface area (Å²) in [5, 5.41) is 20.3. The average molecular weight is 318 g/mol. The molecule has 0 radical (unpaired) electrons. The van der Waals surface area contributed by atoms with Gasteiger partial charge in [0.05, 0.1) is 29.9 Å². The van der Waals surface area contributed by atoms with E-state index in [1.54, 1.807) is 12.3 Å². The Bertz CT molecular complexity index is 1000. The lowest BCUT2D eigenvalue weighted by atomic mass is 10.0. The molecule has 2 aromatic heterocycles. The average Bonchev–Trinajstić information content (AvgIpc) is 3.01. The number of rotatable bonds is 2. The van der Waals surface area contributed by atoms with Crippen LogP contribution in [0.5, 0.6) is 0 Å². The summed E-state index contributed by atoms with van der Waals surface area (Å²) in [5.41, 5.74) is 3.80. The van der Waals surface area contributed by atoms with Gasteiger partial charge in [0.2, 0.25) is 0 Å². The smallest absolute Gasteiger partial charge is 0.296 e. The van der Waals surface area contributed by atoms with Crippen molar-refractivity contribution < 1.29 is 10.0 Å². The predicted octanol–water partition coefficient (Wildman–Crippen LogP) is 2.34. The molecule has 0 saturated heterocycles. The van der Waals surface area contributed by atoms with E-state index in [9.17, 15) is 10.0 Å². The maximum absolute atomic E-state index is 12.0. The third kappa shape index (κ3) is 2.23. The van der Waals surface area contributed by atoms with Crippen LogP contribution in [0.25, 0.3) is 10.9 Å². The van der Waals surface area contributed by atoms with Gasteiger partial charge in [0.15, 0.2) is 0 Å². The summed E-state index contributed by atoms with van der Waals surface area (Å²) in [6.45, 7) is 0.904. The molecule has 4 rings (SSSR count). The van der Waals surface area contributed by atoms with Crippen molar-refractivity contribution in [1.82, 2.24) is 14.6 Å². The monoisotopic (exact) mass is 318 g/mol. The predicted molar refractivity (Wildman–Crippen MR) is 86.5 cm³/mol. The zero-order valence-corrected chi connectivity index (χ0v) is 12.8. The van der Waals surface area contributed by atoms with E-state index in [1.165, 1.54) is 0 Å². The zero-order chi connectivity index (χ0) is 16.7. The minimum absolute atomic E-state index is 0.280. The van der Waals surface area contributed by atoms with Gasteiger partial charge < -0.3 is 4.57 Å². The molecule has 118 valence electrons. The summed E-state index contributed by atoms with van der Waals surface area (Å²) in [7, 11) is 0. The fraction of sp³-hybridized carbons (Fsp3) is 0.167. The lowest BCUT2D eigenvalue weighted by molar-refractivity contribution is -0.0606. The van der Waals surface area contributed by atoms with Gasteiger partial charge in [-0.05, 0) is 35.7 Å². The number of carbonyl (C=O) groups is 1. The summed E-state index contributed by atoms with van der Waals surface area (Å²) in [4.78, 5) is 16.3. The van der Waals surface area contributed by atoms with Crippen molar-refractivity contribution in [2.75, 3.05) is 6.54 Å². The largest absolute Gasteiger partial charge is 0.342 e. The van der Waals surface area contributed by atoms with Gasteiger partial charge in [-0.15, -0.1) is 0 Å². The SMILES string of the molecule is N#Cc1cccc(Cn2ccc3c4c(ncc32)C(=O)N(O)CC4)c1. The van der Waals surface area contributed by atoms with Crippen LogP contribution < -0.4 is 0 Å². The van der Waals surface area contributed by atoms with Crippen molar-refractivity contribution in [3.05, 3.63) is 65.1 Å². The van der Waals surface area contributed by atoms with E-state index in [2.05, 4.69) is 15.6 Å². The Morgan fingerprint density at radius 1 is 1.33 bits per heavy atom. The third-order valence-electron chi connectivity index (χ3n) is 4.35. The number of benzene rings is 1. The summed E-state index contributed by atoms with van der Waals surface area (Å²) in [6.07, 6.45) is 4.21. The van der Waals surface area contributed by atoms with Crippen LogP contribution in [0, 0.1) is 11.3 Å². The highest BCUT2D eigenvalue weighted by Gasteiger charge is 2.26. The molecule has 0 saturated carbocycles. The number of hydroxylamine groups is 2. The minimum Gasteiger partial charge on any atom is -0.342 e. The van der Waals surface area contributed by atoms with Gasteiger partial charge >= 0.3 is 0 Å². The topological polar surface area (TPSA) is 82.2 Å². The van der Waals surface area contributed by atoms with Gasteiger partial charge in [-0.25, -0.2) is 10.0 Å². The molecule has 0 spiro atoms. The number of nitriles is 1.